The fourth-order valence-corrected chi connectivity index (χ4v) is 5.07. The Hall–Kier alpha value is -2.52. The van der Waals surface area contributed by atoms with Gasteiger partial charge in [-0.05, 0) is 37.8 Å². The van der Waals surface area contributed by atoms with Gasteiger partial charge in [-0.1, -0.05) is 18.2 Å². The van der Waals surface area contributed by atoms with E-state index in [1.165, 1.54) is 4.31 Å². The summed E-state index contributed by atoms with van der Waals surface area (Å²) in [5.74, 6) is 0.439. The molecule has 1 atom stereocenters. The number of likely N-dealkylation sites (tertiary alicyclic amines) is 1. The number of nitrogens with one attached hydrogen (secondary N) is 1. The zero-order chi connectivity index (χ0) is 21.5. The Labute approximate surface area is 176 Å². The molecule has 1 N–H and O–H groups in total. The van der Waals surface area contributed by atoms with Crippen LogP contribution in [0.3, 0.4) is 0 Å². The van der Waals surface area contributed by atoms with E-state index in [4.69, 9.17) is 4.98 Å². The smallest absolute Gasteiger partial charge is 0.255 e. The number of rotatable bonds is 3. The van der Waals surface area contributed by atoms with Gasteiger partial charge in [-0.15, -0.1) is 0 Å². The van der Waals surface area contributed by atoms with Gasteiger partial charge in [-0.3, -0.25) is 9.59 Å². The van der Waals surface area contributed by atoms with E-state index >= 15 is 0 Å². The molecule has 1 aromatic heterocycles. The second kappa shape index (κ2) is 7.96. The van der Waals surface area contributed by atoms with Crippen LogP contribution in [0, 0.1) is 6.92 Å². The van der Waals surface area contributed by atoms with E-state index in [9.17, 15) is 18.0 Å². The highest BCUT2D eigenvalue weighted by molar-refractivity contribution is 7.88. The van der Waals surface area contributed by atoms with Crippen LogP contribution in [0.15, 0.2) is 29.1 Å². The predicted octanol–water partition coefficient (Wildman–Crippen LogP) is 1.76. The van der Waals surface area contributed by atoms with E-state index in [1.54, 1.807) is 0 Å². The molecular weight excluding hydrogens is 404 g/mol. The van der Waals surface area contributed by atoms with Crippen molar-refractivity contribution in [3.63, 3.8) is 0 Å². The predicted molar refractivity (Wildman–Crippen MR) is 113 cm³/mol. The number of amides is 1. The van der Waals surface area contributed by atoms with Gasteiger partial charge in [0.1, 0.15) is 5.82 Å². The molecule has 0 radical (unpaired) electrons. The summed E-state index contributed by atoms with van der Waals surface area (Å²) >= 11 is 0. The zero-order valence-electron chi connectivity index (χ0n) is 17.2. The van der Waals surface area contributed by atoms with Gasteiger partial charge in [0.2, 0.25) is 10.0 Å². The van der Waals surface area contributed by atoms with Gasteiger partial charge in [0, 0.05) is 31.6 Å². The SMILES string of the molecule is Cc1ccccc1C(=O)N1CCCC[C@@H]1c1nc2c(c(=O)[nH]1)CN(S(C)(=O)=O)CC2. The lowest BCUT2D eigenvalue weighted by molar-refractivity contribution is 0.0598. The Morgan fingerprint density at radius 1 is 1.20 bits per heavy atom. The average molecular weight is 431 g/mol. The van der Waals surface area contributed by atoms with E-state index in [2.05, 4.69) is 4.98 Å². The Morgan fingerprint density at radius 3 is 2.70 bits per heavy atom. The van der Waals surface area contributed by atoms with Crippen molar-refractivity contribution < 1.29 is 13.2 Å². The number of fused-ring (bicyclic) bond motifs is 1. The Kier molecular flexibility index (Phi) is 5.50. The molecule has 0 unspecified atom stereocenters. The van der Waals surface area contributed by atoms with Crippen LogP contribution >= 0.6 is 0 Å². The number of sulfonamides is 1. The number of hydrogen-bond acceptors (Lipinski definition) is 5. The minimum Gasteiger partial charge on any atom is -0.328 e. The van der Waals surface area contributed by atoms with Gasteiger partial charge >= 0.3 is 0 Å². The molecule has 1 fully saturated rings. The van der Waals surface area contributed by atoms with E-state index < -0.39 is 10.0 Å². The maximum Gasteiger partial charge on any atom is 0.255 e. The molecule has 2 aromatic rings. The third-order valence-electron chi connectivity index (χ3n) is 5.98. The second-order valence-electron chi connectivity index (χ2n) is 8.05. The molecule has 30 heavy (non-hydrogen) atoms. The molecular formula is C21H26N4O4S. The highest BCUT2D eigenvalue weighted by Crippen LogP contribution is 2.31. The van der Waals surface area contributed by atoms with E-state index in [1.807, 2.05) is 36.1 Å². The Bertz CT molecular complexity index is 1140. The van der Waals surface area contributed by atoms with Gasteiger partial charge in [0.25, 0.3) is 11.5 Å². The van der Waals surface area contributed by atoms with E-state index in [0.29, 0.717) is 42.2 Å². The molecule has 1 saturated heterocycles. The van der Waals surface area contributed by atoms with Crippen LogP contribution in [-0.4, -0.2) is 52.8 Å². The summed E-state index contributed by atoms with van der Waals surface area (Å²) in [5, 5.41) is 0. The zero-order valence-corrected chi connectivity index (χ0v) is 18.0. The van der Waals surface area contributed by atoms with Crippen molar-refractivity contribution in [2.45, 2.75) is 45.2 Å². The number of hydrogen-bond donors (Lipinski definition) is 1. The maximum atomic E-state index is 13.3. The third kappa shape index (κ3) is 3.91. The molecule has 0 aliphatic carbocycles. The number of carbonyl (C=O) groups is 1. The highest BCUT2D eigenvalue weighted by atomic mass is 32.2. The van der Waals surface area contributed by atoms with Crippen LogP contribution < -0.4 is 5.56 Å². The average Bonchev–Trinajstić information content (AvgIpc) is 2.72. The largest absolute Gasteiger partial charge is 0.328 e. The molecule has 0 saturated carbocycles. The molecule has 9 heteroatoms. The van der Waals surface area contributed by atoms with Crippen molar-refractivity contribution in [1.29, 1.82) is 0 Å². The lowest BCUT2D eigenvalue weighted by atomic mass is 9.98. The van der Waals surface area contributed by atoms with Crippen molar-refractivity contribution in [3.05, 3.63) is 62.8 Å². The van der Waals surface area contributed by atoms with Gasteiger partial charge in [-0.25, -0.2) is 13.4 Å². The number of benzene rings is 1. The number of H-pyrrole nitrogens is 1. The van der Waals surface area contributed by atoms with Crippen LogP contribution in [0.25, 0.3) is 0 Å². The number of aryl methyl sites for hydroxylation is 1. The summed E-state index contributed by atoms with van der Waals surface area (Å²) in [6.07, 6.45) is 4.12. The minimum absolute atomic E-state index is 0.0350. The lowest BCUT2D eigenvalue weighted by Gasteiger charge is -2.36. The highest BCUT2D eigenvalue weighted by Gasteiger charge is 2.33. The van der Waals surface area contributed by atoms with Crippen molar-refractivity contribution in [2.75, 3.05) is 19.3 Å². The topological polar surface area (TPSA) is 103 Å². The lowest BCUT2D eigenvalue weighted by Crippen LogP contribution is -2.42. The van der Waals surface area contributed by atoms with Crippen LogP contribution in [0.1, 0.15) is 58.3 Å². The first kappa shape index (κ1) is 20.7. The Morgan fingerprint density at radius 2 is 1.97 bits per heavy atom. The normalized spacial score (nSPS) is 20.1. The number of nitrogens with zero attached hydrogens (tertiary/aromatic N) is 3. The van der Waals surface area contributed by atoms with Crippen molar-refractivity contribution >= 4 is 15.9 Å². The fourth-order valence-electron chi connectivity index (χ4n) is 4.29. The summed E-state index contributed by atoms with van der Waals surface area (Å²) in [6, 6.07) is 7.20. The van der Waals surface area contributed by atoms with Crippen LogP contribution in [0.2, 0.25) is 0 Å². The quantitative estimate of drug-likeness (QED) is 0.799. The van der Waals surface area contributed by atoms with E-state index in [-0.39, 0.29) is 24.1 Å². The number of piperidine rings is 1. The molecule has 0 spiro atoms. The first-order chi connectivity index (χ1) is 14.3. The maximum absolute atomic E-state index is 13.3. The summed E-state index contributed by atoms with van der Waals surface area (Å²) in [5.41, 5.74) is 2.27. The van der Waals surface area contributed by atoms with Crippen LogP contribution in [-0.2, 0) is 23.0 Å². The Balaban J connectivity index is 1.67. The molecule has 1 aromatic carbocycles. The molecule has 3 heterocycles. The van der Waals surface area contributed by atoms with Gasteiger partial charge in [0.05, 0.1) is 23.6 Å². The molecule has 2 aliphatic rings. The monoisotopic (exact) mass is 430 g/mol. The number of aromatic amines is 1. The van der Waals surface area contributed by atoms with Crippen LogP contribution in [0.4, 0.5) is 0 Å². The van der Waals surface area contributed by atoms with Gasteiger partial charge in [-0.2, -0.15) is 4.31 Å². The molecule has 1 amide bonds. The van der Waals surface area contributed by atoms with Gasteiger partial charge < -0.3 is 9.88 Å². The molecule has 8 nitrogen and oxygen atoms in total. The number of aromatic nitrogens is 2. The molecule has 160 valence electrons. The van der Waals surface area contributed by atoms with Gasteiger partial charge in [0.15, 0.2) is 0 Å². The summed E-state index contributed by atoms with van der Waals surface area (Å²) in [6.45, 7) is 2.87. The molecule has 2 aliphatic heterocycles. The fraction of sp³-hybridized carbons (Fsp3) is 0.476. The summed E-state index contributed by atoms with van der Waals surface area (Å²) in [4.78, 5) is 35.4. The van der Waals surface area contributed by atoms with E-state index in [0.717, 1.165) is 31.1 Å². The molecule has 0 bridgehead atoms. The molecule has 4 rings (SSSR count). The van der Waals surface area contributed by atoms with Crippen molar-refractivity contribution in [1.82, 2.24) is 19.2 Å². The first-order valence-electron chi connectivity index (χ1n) is 10.2. The third-order valence-corrected chi connectivity index (χ3v) is 7.23. The number of carbonyl (C=O) groups excluding carboxylic acids is 1. The minimum atomic E-state index is -3.37. The van der Waals surface area contributed by atoms with Crippen molar-refractivity contribution in [2.24, 2.45) is 0 Å². The summed E-state index contributed by atoms with van der Waals surface area (Å²) in [7, 11) is -3.37. The standard InChI is InChI=1S/C21H26N4O4S/c1-14-7-3-4-8-15(14)21(27)25-11-6-5-9-18(25)19-22-17-10-12-24(30(2,28)29)13-16(17)20(26)23-19/h3-4,7-8,18H,5-6,9-13H2,1-2H3,(H,22,23,26)/t18-/m1/s1. The van der Waals surface area contributed by atoms with Crippen molar-refractivity contribution in [3.8, 4) is 0 Å². The second-order valence-corrected chi connectivity index (χ2v) is 10.0. The summed E-state index contributed by atoms with van der Waals surface area (Å²) < 4.78 is 25.0. The van der Waals surface area contributed by atoms with Crippen LogP contribution in [0.5, 0.6) is 0 Å². The first-order valence-corrected chi connectivity index (χ1v) is 12.0.